The number of rotatable bonds is 7. The van der Waals surface area contributed by atoms with Gasteiger partial charge in [-0.1, -0.05) is 53.5 Å². The van der Waals surface area contributed by atoms with Crippen molar-refractivity contribution in [2.24, 2.45) is 0 Å². The highest BCUT2D eigenvalue weighted by molar-refractivity contribution is 6.31. The van der Waals surface area contributed by atoms with E-state index in [4.69, 9.17) is 27.9 Å². The molecule has 5 nitrogen and oxygen atoms in total. The molecule has 156 valence electrons. The summed E-state index contributed by atoms with van der Waals surface area (Å²) in [7, 11) is 0. The fourth-order valence-electron chi connectivity index (χ4n) is 2.96. The van der Waals surface area contributed by atoms with E-state index in [0.717, 1.165) is 16.9 Å². The van der Waals surface area contributed by atoms with E-state index in [2.05, 4.69) is 10.4 Å². The van der Waals surface area contributed by atoms with E-state index >= 15 is 0 Å². The van der Waals surface area contributed by atoms with Crippen LogP contribution in [0.3, 0.4) is 0 Å². The topological polar surface area (TPSA) is 56.2 Å². The second kappa shape index (κ2) is 9.69. The summed E-state index contributed by atoms with van der Waals surface area (Å²) in [5.74, 6) is 0.985. The Morgan fingerprint density at radius 3 is 2.42 bits per heavy atom. The summed E-state index contributed by atoms with van der Waals surface area (Å²) in [6, 6.07) is 23.8. The molecule has 0 radical (unpaired) electrons. The van der Waals surface area contributed by atoms with Crippen LogP contribution in [0, 0.1) is 0 Å². The van der Waals surface area contributed by atoms with Gasteiger partial charge >= 0.3 is 0 Å². The number of anilines is 1. The first-order valence-corrected chi connectivity index (χ1v) is 10.4. The molecule has 7 heteroatoms. The monoisotopic (exact) mass is 451 g/mol. The highest BCUT2D eigenvalue weighted by Crippen LogP contribution is 2.18. The van der Waals surface area contributed by atoms with Gasteiger partial charge in [-0.05, 0) is 53.6 Å². The Balaban J connectivity index is 1.33. The van der Waals surface area contributed by atoms with Crippen molar-refractivity contribution in [3.63, 3.8) is 0 Å². The Bertz CT molecular complexity index is 1170. The molecule has 0 saturated heterocycles. The number of hydrogen-bond acceptors (Lipinski definition) is 3. The molecule has 0 unspecified atom stereocenters. The van der Waals surface area contributed by atoms with Crippen molar-refractivity contribution in [3.8, 4) is 5.75 Å². The first-order chi connectivity index (χ1) is 15.1. The Morgan fingerprint density at radius 1 is 0.935 bits per heavy atom. The Kier molecular flexibility index (Phi) is 6.55. The summed E-state index contributed by atoms with van der Waals surface area (Å²) in [6.45, 7) is 0.924. The van der Waals surface area contributed by atoms with Crippen LogP contribution in [0.5, 0.6) is 5.75 Å². The molecule has 4 aromatic rings. The second-order valence-electron chi connectivity index (χ2n) is 6.88. The predicted molar refractivity (Wildman–Crippen MR) is 123 cm³/mol. The molecule has 1 aromatic heterocycles. The molecule has 0 saturated carbocycles. The van der Waals surface area contributed by atoms with Crippen LogP contribution in [0.1, 0.15) is 21.5 Å². The zero-order valence-electron chi connectivity index (χ0n) is 16.5. The smallest absolute Gasteiger partial charge is 0.256 e. The number of aromatic nitrogens is 2. The van der Waals surface area contributed by atoms with Crippen LogP contribution in [0.15, 0.2) is 85.1 Å². The van der Waals surface area contributed by atoms with E-state index in [9.17, 15) is 4.79 Å². The number of benzene rings is 3. The minimum atomic E-state index is -0.229. The number of carbonyl (C=O) groups excluding carboxylic acids is 1. The van der Waals surface area contributed by atoms with Gasteiger partial charge in [-0.25, -0.2) is 0 Å². The molecule has 31 heavy (non-hydrogen) atoms. The molecular weight excluding hydrogens is 433 g/mol. The van der Waals surface area contributed by atoms with Crippen molar-refractivity contribution in [1.29, 1.82) is 0 Å². The maximum Gasteiger partial charge on any atom is 0.256 e. The molecule has 0 atom stereocenters. The summed E-state index contributed by atoms with van der Waals surface area (Å²) in [6.07, 6.45) is 1.80. The van der Waals surface area contributed by atoms with Crippen LogP contribution < -0.4 is 10.1 Å². The number of nitrogens with zero attached hydrogens (tertiary/aromatic N) is 2. The Hall–Kier alpha value is -3.28. The molecular formula is C24H19Cl2N3O2. The third-order valence-electron chi connectivity index (χ3n) is 4.61. The van der Waals surface area contributed by atoms with Crippen LogP contribution in [0.2, 0.25) is 10.0 Å². The lowest BCUT2D eigenvalue weighted by molar-refractivity contribution is 0.102. The fourth-order valence-corrected chi connectivity index (χ4v) is 3.28. The molecule has 0 aliphatic carbocycles. The molecule has 3 aromatic carbocycles. The van der Waals surface area contributed by atoms with Gasteiger partial charge in [-0.15, -0.1) is 0 Å². The number of hydrogen-bond donors (Lipinski definition) is 1. The lowest BCUT2D eigenvalue weighted by Gasteiger charge is -2.07. The van der Waals surface area contributed by atoms with E-state index in [1.165, 1.54) is 0 Å². The summed E-state index contributed by atoms with van der Waals surface area (Å²) in [5, 5.41) is 8.56. The van der Waals surface area contributed by atoms with E-state index in [0.29, 0.717) is 34.6 Å². The summed E-state index contributed by atoms with van der Waals surface area (Å²) in [5.41, 5.74) is 2.45. The highest BCUT2D eigenvalue weighted by Gasteiger charge is 2.09. The van der Waals surface area contributed by atoms with Crippen LogP contribution in [-0.4, -0.2) is 15.7 Å². The van der Waals surface area contributed by atoms with Gasteiger partial charge in [0.1, 0.15) is 12.4 Å². The lowest BCUT2D eigenvalue weighted by Crippen LogP contribution is -2.13. The Morgan fingerprint density at radius 2 is 1.68 bits per heavy atom. The summed E-state index contributed by atoms with van der Waals surface area (Å²) < 4.78 is 7.45. The predicted octanol–water partition coefficient (Wildman–Crippen LogP) is 6.07. The lowest BCUT2D eigenvalue weighted by atomic mass is 10.1. The van der Waals surface area contributed by atoms with Gasteiger partial charge in [-0.2, -0.15) is 5.10 Å². The molecule has 0 aliphatic rings. The third-order valence-corrected chi connectivity index (χ3v) is 5.23. The van der Waals surface area contributed by atoms with E-state index in [1.807, 2.05) is 48.5 Å². The van der Waals surface area contributed by atoms with E-state index < -0.39 is 0 Å². The average molecular weight is 452 g/mol. The number of ether oxygens (including phenoxy) is 1. The van der Waals surface area contributed by atoms with Crippen molar-refractivity contribution in [3.05, 3.63) is 112 Å². The number of carbonyl (C=O) groups is 1. The highest BCUT2D eigenvalue weighted by atomic mass is 35.5. The minimum Gasteiger partial charge on any atom is -0.489 e. The molecule has 0 aliphatic heterocycles. The number of halogens is 2. The molecule has 1 N–H and O–H groups in total. The van der Waals surface area contributed by atoms with Crippen LogP contribution in [-0.2, 0) is 13.2 Å². The largest absolute Gasteiger partial charge is 0.489 e. The number of amides is 1. The quantitative estimate of drug-likeness (QED) is 0.370. The van der Waals surface area contributed by atoms with Crippen LogP contribution >= 0.6 is 23.2 Å². The molecule has 0 fully saturated rings. The van der Waals surface area contributed by atoms with Gasteiger partial charge in [0.2, 0.25) is 0 Å². The van der Waals surface area contributed by atoms with Crippen LogP contribution in [0.25, 0.3) is 0 Å². The van der Waals surface area contributed by atoms with Crippen molar-refractivity contribution in [2.75, 3.05) is 5.32 Å². The SMILES string of the molecule is O=C(Nc1ccn(Cc2ccccc2Cl)n1)c1ccc(COc2ccc(Cl)cc2)cc1. The molecule has 1 amide bonds. The summed E-state index contributed by atoms with van der Waals surface area (Å²) in [4.78, 5) is 12.5. The maximum absolute atomic E-state index is 12.5. The fraction of sp³-hybridized carbons (Fsp3) is 0.0833. The molecule has 4 rings (SSSR count). The standard InChI is InChI=1S/C24H19Cl2N3O2/c25-20-9-11-21(12-10-20)31-16-17-5-7-18(8-6-17)24(30)27-23-13-14-29(28-23)15-19-3-1-2-4-22(19)26/h1-14H,15-16H2,(H,27,28,30). The molecule has 0 bridgehead atoms. The van der Waals surface area contributed by atoms with E-state index in [1.54, 1.807) is 41.2 Å². The average Bonchev–Trinajstić information content (AvgIpc) is 3.22. The molecule has 1 heterocycles. The van der Waals surface area contributed by atoms with Gasteiger partial charge in [0.15, 0.2) is 5.82 Å². The number of nitrogens with one attached hydrogen (secondary N) is 1. The van der Waals surface area contributed by atoms with Gasteiger partial charge in [0, 0.05) is 27.9 Å². The van der Waals surface area contributed by atoms with Gasteiger partial charge in [0.25, 0.3) is 5.91 Å². The summed E-state index contributed by atoms with van der Waals surface area (Å²) >= 11 is 12.1. The van der Waals surface area contributed by atoms with Gasteiger partial charge in [0.05, 0.1) is 6.54 Å². The minimum absolute atomic E-state index is 0.229. The third kappa shape index (κ3) is 5.66. The van der Waals surface area contributed by atoms with Crippen molar-refractivity contribution in [1.82, 2.24) is 9.78 Å². The van der Waals surface area contributed by atoms with Crippen LogP contribution in [0.4, 0.5) is 5.82 Å². The van der Waals surface area contributed by atoms with Crippen molar-refractivity contribution in [2.45, 2.75) is 13.2 Å². The van der Waals surface area contributed by atoms with Crippen molar-refractivity contribution >= 4 is 34.9 Å². The zero-order valence-corrected chi connectivity index (χ0v) is 18.0. The first-order valence-electron chi connectivity index (χ1n) is 9.62. The van der Waals surface area contributed by atoms with Gasteiger partial charge < -0.3 is 10.1 Å². The Labute approximate surface area is 190 Å². The first kappa shape index (κ1) is 21.0. The zero-order chi connectivity index (χ0) is 21.6. The van der Waals surface area contributed by atoms with E-state index in [-0.39, 0.29) is 5.91 Å². The second-order valence-corrected chi connectivity index (χ2v) is 7.73. The van der Waals surface area contributed by atoms with Gasteiger partial charge in [-0.3, -0.25) is 9.48 Å². The maximum atomic E-state index is 12.5. The van der Waals surface area contributed by atoms with Crippen molar-refractivity contribution < 1.29 is 9.53 Å². The normalized spacial score (nSPS) is 10.6. The molecule has 0 spiro atoms.